The lowest BCUT2D eigenvalue weighted by molar-refractivity contribution is -0.660. The van der Waals surface area contributed by atoms with Gasteiger partial charge in [0.2, 0.25) is 5.69 Å². The third-order valence-electron chi connectivity index (χ3n) is 7.58. The van der Waals surface area contributed by atoms with E-state index in [0.29, 0.717) is 5.92 Å². The van der Waals surface area contributed by atoms with Gasteiger partial charge in [-0.15, -0.1) is 0 Å². The van der Waals surface area contributed by atoms with Crippen LogP contribution in [-0.4, -0.2) is 0 Å². The molecule has 0 atom stereocenters. The van der Waals surface area contributed by atoms with E-state index in [-0.39, 0.29) is 0 Å². The SMILES string of the molecule is Cc1cc(-c2c(C)ccc3c2oc2c(-c4ccc(-c5ccccc5)cc4)cccc23)[n+](C)cc1C(C)C. The van der Waals surface area contributed by atoms with Crippen molar-refractivity contribution in [3.05, 3.63) is 114 Å². The number of rotatable bonds is 4. The predicted octanol–water partition coefficient (Wildman–Crippen LogP) is 9.15. The third-order valence-corrected chi connectivity index (χ3v) is 7.58. The highest BCUT2D eigenvalue weighted by molar-refractivity contribution is 6.13. The average Bonchev–Trinajstić information content (AvgIpc) is 3.29. The first-order valence-corrected chi connectivity index (χ1v) is 13.0. The van der Waals surface area contributed by atoms with Gasteiger partial charge in [0, 0.05) is 28.0 Å². The largest absolute Gasteiger partial charge is 0.454 e. The number of hydrogen-bond acceptors (Lipinski definition) is 1. The number of para-hydroxylation sites is 1. The molecule has 0 radical (unpaired) electrons. The van der Waals surface area contributed by atoms with Gasteiger partial charge in [0.15, 0.2) is 6.20 Å². The van der Waals surface area contributed by atoms with Crippen LogP contribution in [0, 0.1) is 13.8 Å². The molecule has 0 spiro atoms. The van der Waals surface area contributed by atoms with Gasteiger partial charge in [-0.3, -0.25) is 0 Å². The summed E-state index contributed by atoms with van der Waals surface area (Å²) in [4.78, 5) is 0. The summed E-state index contributed by atoms with van der Waals surface area (Å²) in [7, 11) is 2.14. The maximum Gasteiger partial charge on any atom is 0.216 e. The number of hydrogen-bond donors (Lipinski definition) is 0. The molecular weight excluding hydrogens is 450 g/mol. The minimum Gasteiger partial charge on any atom is -0.454 e. The molecule has 0 bridgehead atoms. The molecule has 6 aromatic rings. The van der Waals surface area contributed by atoms with E-state index in [0.717, 1.165) is 33.1 Å². The van der Waals surface area contributed by atoms with Gasteiger partial charge in [-0.2, -0.15) is 0 Å². The van der Waals surface area contributed by atoms with Crippen molar-refractivity contribution in [3.63, 3.8) is 0 Å². The second-order valence-electron chi connectivity index (χ2n) is 10.4. The van der Waals surface area contributed by atoms with Crippen molar-refractivity contribution in [2.45, 2.75) is 33.6 Å². The van der Waals surface area contributed by atoms with Crippen molar-refractivity contribution in [1.29, 1.82) is 0 Å². The molecule has 0 fully saturated rings. The molecule has 2 aromatic heterocycles. The molecule has 0 unspecified atom stereocenters. The van der Waals surface area contributed by atoms with Crippen LogP contribution in [0.1, 0.15) is 36.5 Å². The highest BCUT2D eigenvalue weighted by atomic mass is 16.3. The summed E-state index contributed by atoms with van der Waals surface area (Å²) < 4.78 is 9.03. The molecule has 2 nitrogen and oxygen atoms in total. The Morgan fingerprint density at radius 1 is 0.649 bits per heavy atom. The normalized spacial score (nSPS) is 11.6. The van der Waals surface area contributed by atoms with Crippen LogP contribution in [0.15, 0.2) is 102 Å². The Labute approximate surface area is 218 Å². The van der Waals surface area contributed by atoms with Gasteiger partial charge in [-0.05, 0) is 47.6 Å². The van der Waals surface area contributed by atoms with Crippen LogP contribution in [0.25, 0.3) is 55.4 Å². The highest BCUT2D eigenvalue weighted by Crippen LogP contribution is 2.41. The highest BCUT2D eigenvalue weighted by Gasteiger charge is 2.23. The van der Waals surface area contributed by atoms with Gasteiger partial charge < -0.3 is 4.42 Å². The monoisotopic (exact) mass is 482 g/mol. The topological polar surface area (TPSA) is 17.0 Å². The molecule has 4 aromatic carbocycles. The van der Waals surface area contributed by atoms with Gasteiger partial charge in [-0.25, -0.2) is 4.57 Å². The van der Waals surface area contributed by atoms with Crippen LogP contribution >= 0.6 is 0 Å². The first-order chi connectivity index (χ1) is 17.9. The fourth-order valence-electron chi connectivity index (χ4n) is 5.60. The number of benzene rings is 4. The summed E-state index contributed by atoms with van der Waals surface area (Å²) in [5.41, 5.74) is 12.9. The molecule has 0 saturated carbocycles. The Hall–Kier alpha value is -4.17. The fourth-order valence-corrected chi connectivity index (χ4v) is 5.60. The van der Waals surface area contributed by atoms with Crippen molar-refractivity contribution >= 4 is 21.9 Å². The Morgan fingerprint density at radius 2 is 1.32 bits per heavy atom. The van der Waals surface area contributed by atoms with Gasteiger partial charge in [0.25, 0.3) is 0 Å². The predicted molar refractivity (Wildman–Crippen MR) is 155 cm³/mol. The van der Waals surface area contributed by atoms with E-state index in [9.17, 15) is 0 Å². The minimum absolute atomic E-state index is 0.485. The summed E-state index contributed by atoms with van der Waals surface area (Å²) in [6, 6.07) is 32.5. The van der Waals surface area contributed by atoms with Crippen molar-refractivity contribution < 1.29 is 8.98 Å². The van der Waals surface area contributed by atoms with Crippen molar-refractivity contribution in [1.82, 2.24) is 0 Å². The van der Waals surface area contributed by atoms with E-state index in [2.05, 4.69) is 137 Å². The molecule has 37 heavy (non-hydrogen) atoms. The fraction of sp³-hybridized carbons (Fsp3) is 0.171. The van der Waals surface area contributed by atoms with Crippen molar-refractivity contribution in [2.24, 2.45) is 7.05 Å². The molecule has 0 amide bonds. The van der Waals surface area contributed by atoms with E-state index in [1.165, 1.54) is 39.1 Å². The van der Waals surface area contributed by atoms with E-state index in [4.69, 9.17) is 4.42 Å². The van der Waals surface area contributed by atoms with Crippen LogP contribution < -0.4 is 4.57 Å². The molecule has 0 N–H and O–H groups in total. The summed E-state index contributed by atoms with van der Waals surface area (Å²) in [5.74, 6) is 0.485. The molecule has 6 rings (SSSR count). The summed E-state index contributed by atoms with van der Waals surface area (Å²) >= 11 is 0. The Kier molecular flexibility index (Phi) is 5.68. The second-order valence-corrected chi connectivity index (χ2v) is 10.4. The molecule has 2 heteroatoms. The number of pyridine rings is 1. The van der Waals surface area contributed by atoms with Gasteiger partial charge in [0.1, 0.15) is 18.2 Å². The van der Waals surface area contributed by atoms with E-state index in [1.54, 1.807) is 0 Å². The summed E-state index contributed by atoms with van der Waals surface area (Å²) in [6.07, 6.45) is 2.27. The lowest BCUT2D eigenvalue weighted by Crippen LogP contribution is -2.32. The average molecular weight is 483 g/mol. The van der Waals surface area contributed by atoms with Crippen LogP contribution in [-0.2, 0) is 7.05 Å². The Balaban J connectivity index is 1.54. The first-order valence-electron chi connectivity index (χ1n) is 13.0. The number of aromatic nitrogens is 1. The van der Waals surface area contributed by atoms with Crippen LogP contribution in [0.3, 0.4) is 0 Å². The summed E-state index contributed by atoms with van der Waals surface area (Å²) in [6.45, 7) is 8.89. The summed E-state index contributed by atoms with van der Waals surface area (Å²) in [5, 5.41) is 2.31. The smallest absolute Gasteiger partial charge is 0.216 e. The van der Waals surface area contributed by atoms with Crippen LogP contribution in [0.2, 0.25) is 0 Å². The number of nitrogens with zero attached hydrogens (tertiary/aromatic N) is 1. The Morgan fingerprint density at radius 3 is 2.05 bits per heavy atom. The number of furan rings is 1. The molecule has 182 valence electrons. The third kappa shape index (κ3) is 3.94. The van der Waals surface area contributed by atoms with E-state index >= 15 is 0 Å². The van der Waals surface area contributed by atoms with Gasteiger partial charge in [-0.1, -0.05) is 98.8 Å². The second kappa shape index (κ2) is 9.05. The number of fused-ring (bicyclic) bond motifs is 3. The molecular formula is C35H32NO+. The van der Waals surface area contributed by atoms with Crippen LogP contribution in [0.5, 0.6) is 0 Å². The molecule has 0 aliphatic rings. The zero-order valence-electron chi connectivity index (χ0n) is 22.2. The lowest BCUT2D eigenvalue weighted by atomic mass is 9.95. The van der Waals surface area contributed by atoms with Crippen molar-refractivity contribution in [3.8, 4) is 33.5 Å². The van der Waals surface area contributed by atoms with Gasteiger partial charge >= 0.3 is 0 Å². The van der Waals surface area contributed by atoms with Crippen molar-refractivity contribution in [2.75, 3.05) is 0 Å². The van der Waals surface area contributed by atoms with E-state index < -0.39 is 0 Å². The Bertz CT molecular complexity index is 1760. The maximum atomic E-state index is 6.78. The molecule has 2 heterocycles. The molecule has 0 aliphatic heterocycles. The van der Waals surface area contributed by atoms with Gasteiger partial charge in [0.05, 0.1) is 5.56 Å². The minimum atomic E-state index is 0.485. The van der Waals surface area contributed by atoms with E-state index in [1.807, 2.05) is 0 Å². The quantitative estimate of drug-likeness (QED) is 0.229. The molecule has 0 aliphatic carbocycles. The first kappa shape index (κ1) is 23.2. The molecule has 0 saturated heterocycles. The standard InChI is InChI=1S/C35H32NO/c1-22(2)31-21-36(5)32(20-24(31)4)33-23(3)14-19-30-29-13-9-12-28(34(29)37-35(30)33)27-17-15-26(16-18-27)25-10-7-6-8-11-25/h6-22H,1-5H3/q+1. The maximum absolute atomic E-state index is 6.78. The zero-order chi connectivity index (χ0) is 25.7. The number of aryl methyl sites for hydroxylation is 3. The van der Waals surface area contributed by atoms with Crippen LogP contribution in [0.4, 0.5) is 0 Å². The lowest BCUT2D eigenvalue weighted by Gasteiger charge is -2.11. The zero-order valence-corrected chi connectivity index (χ0v) is 22.2.